The van der Waals surface area contributed by atoms with Crippen molar-refractivity contribution in [2.45, 2.75) is 83.3 Å². The molecule has 5 aromatic rings. The summed E-state index contributed by atoms with van der Waals surface area (Å²) in [5.41, 5.74) is 2.09. The minimum Gasteiger partial charge on any atom is -0.461 e. The summed E-state index contributed by atoms with van der Waals surface area (Å²) in [4.78, 5) is 31.7. The fourth-order valence-electron chi connectivity index (χ4n) is 8.92. The first kappa shape index (κ1) is 35.2. The number of pyridine rings is 1. The number of oxazole rings is 1. The predicted molar refractivity (Wildman–Crippen MR) is 201 cm³/mol. The van der Waals surface area contributed by atoms with Crippen molar-refractivity contribution in [2.24, 2.45) is 7.05 Å². The number of ether oxygens (including phenoxy) is 1. The number of terminal acetylenes is 1. The number of halogens is 2. The van der Waals surface area contributed by atoms with Gasteiger partial charge in [0.1, 0.15) is 35.2 Å². The molecular weight excluding hydrogens is 676 g/mol. The molecule has 6 heterocycles. The minimum absolute atomic E-state index is 0.0504. The van der Waals surface area contributed by atoms with Crippen LogP contribution in [0.2, 0.25) is 0 Å². The van der Waals surface area contributed by atoms with Crippen molar-refractivity contribution >= 4 is 27.5 Å². The van der Waals surface area contributed by atoms with Crippen molar-refractivity contribution in [3.8, 4) is 29.6 Å². The molecule has 1 atom stereocenters. The van der Waals surface area contributed by atoms with E-state index in [1.165, 1.54) is 6.07 Å². The van der Waals surface area contributed by atoms with Crippen molar-refractivity contribution in [3.05, 3.63) is 75.2 Å². The molecule has 0 aliphatic carbocycles. The molecule has 10 nitrogen and oxygen atoms in total. The van der Waals surface area contributed by atoms with E-state index in [4.69, 9.17) is 30.5 Å². The van der Waals surface area contributed by atoms with Crippen LogP contribution in [-0.4, -0.2) is 73.7 Å². The Hall–Kier alpha value is -4.86. The van der Waals surface area contributed by atoms with Gasteiger partial charge in [0.15, 0.2) is 5.82 Å². The third-order valence-electron chi connectivity index (χ3n) is 11.5. The van der Waals surface area contributed by atoms with Crippen molar-refractivity contribution in [1.82, 2.24) is 29.3 Å². The summed E-state index contributed by atoms with van der Waals surface area (Å²) in [6.45, 7) is 8.49. The van der Waals surface area contributed by atoms with E-state index in [9.17, 15) is 4.79 Å². The summed E-state index contributed by atoms with van der Waals surface area (Å²) in [6, 6.07) is 8.41. The highest BCUT2D eigenvalue weighted by molar-refractivity contribution is 6.02. The lowest BCUT2D eigenvalue weighted by Gasteiger charge is -2.32. The van der Waals surface area contributed by atoms with Gasteiger partial charge in [0.2, 0.25) is 0 Å². The van der Waals surface area contributed by atoms with E-state index in [-0.39, 0.29) is 40.1 Å². The lowest BCUT2D eigenvalue weighted by molar-refractivity contribution is 0.108. The molecule has 12 heteroatoms. The van der Waals surface area contributed by atoms with E-state index >= 15 is 8.78 Å². The van der Waals surface area contributed by atoms with Crippen LogP contribution < -0.4 is 15.8 Å². The Morgan fingerprint density at radius 3 is 2.66 bits per heavy atom. The summed E-state index contributed by atoms with van der Waals surface area (Å²) in [6.07, 6.45) is 13.2. The molecule has 1 unspecified atom stereocenters. The van der Waals surface area contributed by atoms with Crippen LogP contribution in [0.4, 0.5) is 14.6 Å². The van der Waals surface area contributed by atoms with Crippen LogP contribution in [0.25, 0.3) is 32.9 Å². The van der Waals surface area contributed by atoms with Gasteiger partial charge >= 0.3 is 11.8 Å². The lowest BCUT2D eigenvalue weighted by Crippen LogP contribution is -2.43. The van der Waals surface area contributed by atoms with Gasteiger partial charge < -0.3 is 14.5 Å². The second kappa shape index (κ2) is 14.2. The first-order chi connectivity index (χ1) is 25.7. The van der Waals surface area contributed by atoms with E-state index < -0.39 is 11.6 Å². The van der Waals surface area contributed by atoms with Gasteiger partial charge in [-0.3, -0.25) is 14.4 Å². The SMILES string of the molecule is C#Cc1c(F)ccc2cccc(-c3nc4c5c(nc(OCC67CCCN6CCC7)nc5c3F)NC(CN(CCC)Cc3c(C)oc(=O)n3C)CCC4)c12. The van der Waals surface area contributed by atoms with E-state index in [0.717, 1.165) is 70.3 Å². The van der Waals surface area contributed by atoms with Gasteiger partial charge in [-0.25, -0.2) is 18.6 Å². The zero-order valence-electron chi connectivity index (χ0n) is 30.6. The molecule has 53 heavy (non-hydrogen) atoms. The highest BCUT2D eigenvalue weighted by Crippen LogP contribution is 2.41. The number of aromatic nitrogens is 4. The van der Waals surface area contributed by atoms with Crippen molar-refractivity contribution in [3.63, 3.8) is 0 Å². The quantitative estimate of drug-likeness (QED) is 0.157. The van der Waals surface area contributed by atoms with Gasteiger partial charge in [-0.2, -0.15) is 9.97 Å². The van der Waals surface area contributed by atoms with Crippen LogP contribution in [0.3, 0.4) is 0 Å². The normalized spacial score (nSPS) is 18.2. The monoisotopic (exact) mass is 721 g/mol. The number of fused-ring (bicyclic) bond motifs is 2. The molecule has 2 saturated heterocycles. The molecule has 2 aromatic carbocycles. The molecule has 3 aliphatic heterocycles. The largest absolute Gasteiger partial charge is 0.461 e. The molecular formula is C41H45F2N7O3. The molecule has 0 bridgehead atoms. The van der Waals surface area contributed by atoms with Gasteiger partial charge in [-0.15, -0.1) is 6.42 Å². The summed E-state index contributed by atoms with van der Waals surface area (Å²) in [5, 5.41) is 5.31. The standard InChI is InChI=1S/C41H45F2N7O3/c1-5-19-49(23-32-25(3)53-40(51)48(32)4)22-27-12-8-14-31-34-37(46-39(47-38(34)44-27)52-24-41-17-9-20-50(41)21-10-18-41)35(43)36(45-31)29-13-7-11-26-15-16-30(42)28(6-2)33(26)29/h2,7,11,13,15-16,27H,5,8-10,12,14,17-24H2,1,3-4H3,(H,44,46,47). The van der Waals surface area contributed by atoms with Crippen LogP contribution in [-0.2, 0) is 20.0 Å². The van der Waals surface area contributed by atoms with Crippen molar-refractivity contribution in [1.29, 1.82) is 0 Å². The zero-order valence-corrected chi connectivity index (χ0v) is 30.6. The Kier molecular flexibility index (Phi) is 9.41. The Labute approximate surface area is 307 Å². The molecule has 3 aliphatic rings. The molecule has 0 radical (unpaired) electrons. The maximum atomic E-state index is 17.2. The lowest BCUT2D eigenvalue weighted by atomic mass is 9.95. The van der Waals surface area contributed by atoms with E-state index in [1.54, 1.807) is 29.8 Å². The zero-order chi connectivity index (χ0) is 36.9. The average molecular weight is 722 g/mol. The van der Waals surface area contributed by atoms with Crippen LogP contribution in [0.15, 0.2) is 39.5 Å². The number of hydrogen-bond donors (Lipinski definition) is 1. The fraction of sp³-hybridized carbons (Fsp3) is 0.463. The molecule has 0 spiro atoms. The van der Waals surface area contributed by atoms with Crippen molar-refractivity contribution < 1.29 is 17.9 Å². The van der Waals surface area contributed by atoms with Gasteiger partial charge in [-0.05, 0) is 89.4 Å². The van der Waals surface area contributed by atoms with E-state index in [0.29, 0.717) is 65.1 Å². The van der Waals surface area contributed by atoms with E-state index in [1.807, 2.05) is 13.0 Å². The number of nitrogens with zero attached hydrogens (tertiary/aromatic N) is 6. The first-order valence-corrected chi connectivity index (χ1v) is 18.8. The van der Waals surface area contributed by atoms with Crippen LogP contribution in [0.5, 0.6) is 6.01 Å². The Morgan fingerprint density at radius 1 is 1.11 bits per heavy atom. The van der Waals surface area contributed by atoms with Crippen molar-refractivity contribution in [2.75, 3.05) is 38.1 Å². The van der Waals surface area contributed by atoms with Gasteiger partial charge in [0.05, 0.1) is 27.9 Å². The average Bonchev–Trinajstić information content (AvgIpc) is 3.80. The third kappa shape index (κ3) is 6.33. The van der Waals surface area contributed by atoms with Crippen LogP contribution >= 0.6 is 0 Å². The van der Waals surface area contributed by atoms with Crippen LogP contribution in [0.1, 0.15) is 74.6 Å². The summed E-state index contributed by atoms with van der Waals surface area (Å²) >= 11 is 0. The number of rotatable bonds is 10. The van der Waals surface area contributed by atoms with Gasteiger partial charge in [-0.1, -0.05) is 37.1 Å². The summed E-state index contributed by atoms with van der Waals surface area (Å²) in [5.74, 6) is 2.01. The number of aryl methyl sites for hydroxylation is 2. The molecule has 2 fully saturated rings. The maximum Gasteiger partial charge on any atom is 0.419 e. The number of anilines is 1. The number of benzene rings is 2. The first-order valence-electron chi connectivity index (χ1n) is 18.8. The fourth-order valence-corrected chi connectivity index (χ4v) is 8.92. The van der Waals surface area contributed by atoms with Crippen LogP contribution in [0, 0.1) is 30.9 Å². The van der Waals surface area contributed by atoms with Gasteiger partial charge in [0, 0.05) is 37.1 Å². The minimum atomic E-state index is -0.638. The molecule has 0 saturated carbocycles. The molecule has 1 N–H and O–H groups in total. The molecule has 3 aromatic heterocycles. The third-order valence-corrected chi connectivity index (χ3v) is 11.5. The van der Waals surface area contributed by atoms with Gasteiger partial charge in [0.25, 0.3) is 0 Å². The Morgan fingerprint density at radius 2 is 1.92 bits per heavy atom. The predicted octanol–water partition coefficient (Wildman–Crippen LogP) is 6.74. The Balaban J connectivity index is 1.22. The maximum absolute atomic E-state index is 17.2. The second-order valence-corrected chi connectivity index (χ2v) is 14.9. The smallest absolute Gasteiger partial charge is 0.419 e. The molecule has 8 rings (SSSR count). The number of nitrogens with one attached hydrogen (secondary N) is 1. The topological polar surface area (TPSA) is 102 Å². The Bertz CT molecular complexity index is 2300. The molecule has 276 valence electrons. The summed E-state index contributed by atoms with van der Waals surface area (Å²) in [7, 11) is 1.73. The number of hydrogen-bond acceptors (Lipinski definition) is 9. The highest BCUT2D eigenvalue weighted by atomic mass is 19.1. The second-order valence-electron chi connectivity index (χ2n) is 14.9. The summed E-state index contributed by atoms with van der Waals surface area (Å²) < 4.78 is 45.6. The highest BCUT2D eigenvalue weighted by Gasteiger charge is 2.45. The van der Waals surface area contributed by atoms with E-state index in [2.05, 4.69) is 28.0 Å². The molecule has 0 amide bonds.